The van der Waals surface area contributed by atoms with E-state index in [0.717, 1.165) is 0 Å². The Morgan fingerprint density at radius 3 is 2.53 bits per heavy atom. The highest BCUT2D eigenvalue weighted by atomic mass is 19.3. The molecule has 0 aliphatic rings. The number of esters is 1. The van der Waals surface area contributed by atoms with E-state index in [2.05, 4.69) is 9.47 Å². The van der Waals surface area contributed by atoms with Gasteiger partial charge in [-0.25, -0.2) is 4.79 Å². The molecule has 0 heterocycles. The molecule has 3 nitrogen and oxygen atoms in total. The third-order valence-corrected chi connectivity index (χ3v) is 1.70. The van der Waals surface area contributed by atoms with E-state index >= 15 is 0 Å². The maximum Gasteiger partial charge on any atom is 0.387 e. The quantitative estimate of drug-likeness (QED) is 0.727. The van der Waals surface area contributed by atoms with Gasteiger partial charge in [0, 0.05) is 0 Å². The Kier molecular flexibility index (Phi) is 3.60. The monoisotopic (exact) mass is 216 g/mol. The van der Waals surface area contributed by atoms with Crippen molar-refractivity contribution in [2.75, 3.05) is 7.11 Å². The minimum absolute atomic E-state index is 0.0506. The zero-order valence-corrected chi connectivity index (χ0v) is 8.29. The number of halogens is 2. The van der Waals surface area contributed by atoms with Gasteiger partial charge in [-0.1, -0.05) is 0 Å². The van der Waals surface area contributed by atoms with E-state index in [9.17, 15) is 13.6 Å². The van der Waals surface area contributed by atoms with Gasteiger partial charge in [-0.05, 0) is 30.7 Å². The molecule has 0 saturated heterocycles. The fraction of sp³-hybridized carbons (Fsp3) is 0.300. The molecule has 0 N–H and O–H groups in total. The Balaban J connectivity index is 2.99. The van der Waals surface area contributed by atoms with Crippen LogP contribution >= 0.6 is 0 Å². The number of carbonyl (C=O) groups excluding carboxylic acids is 1. The predicted molar refractivity (Wildman–Crippen MR) is 49.2 cm³/mol. The largest absolute Gasteiger partial charge is 0.465 e. The Morgan fingerprint density at radius 2 is 2.00 bits per heavy atom. The molecule has 0 aliphatic heterocycles. The van der Waals surface area contributed by atoms with Crippen LogP contribution in [0.15, 0.2) is 18.2 Å². The summed E-state index contributed by atoms with van der Waals surface area (Å²) in [4.78, 5) is 11.1. The van der Waals surface area contributed by atoms with Crippen LogP contribution in [0, 0.1) is 6.92 Å². The Hall–Kier alpha value is -1.65. The fourth-order valence-electron chi connectivity index (χ4n) is 1.15. The highest BCUT2D eigenvalue weighted by molar-refractivity contribution is 5.90. The average molecular weight is 216 g/mol. The van der Waals surface area contributed by atoms with Gasteiger partial charge in [-0.2, -0.15) is 8.78 Å². The topological polar surface area (TPSA) is 35.5 Å². The smallest absolute Gasteiger partial charge is 0.387 e. The van der Waals surface area contributed by atoms with Crippen molar-refractivity contribution in [3.63, 3.8) is 0 Å². The zero-order valence-electron chi connectivity index (χ0n) is 8.29. The molecule has 0 fully saturated rings. The normalized spacial score (nSPS) is 10.2. The highest BCUT2D eigenvalue weighted by Gasteiger charge is 2.10. The number of rotatable bonds is 3. The molecule has 15 heavy (non-hydrogen) atoms. The summed E-state index contributed by atoms with van der Waals surface area (Å²) in [6.45, 7) is -1.23. The molecule has 1 aromatic carbocycles. The van der Waals surface area contributed by atoms with Crippen molar-refractivity contribution in [1.82, 2.24) is 0 Å². The van der Waals surface area contributed by atoms with Gasteiger partial charge in [0.05, 0.1) is 12.7 Å². The zero-order chi connectivity index (χ0) is 11.4. The number of benzene rings is 1. The van der Waals surface area contributed by atoms with Gasteiger partial charge in [-0.15, -0.1) is 0 Å². The molecule has 1 aromatic rings. The SMILES string of the molecule is COC(=O)c1cc(C)cc(OC(F)F)c1. The highest BCUT2D eigenvalue weighted by Crippen LogP contribution is 2.19. The van der Waals surface area contributed by atoms with Crippen molar-refractivity contribution in [2.24, 2.45) is 0 Å². The first-order valence-electron chi connectivity index (χ1n) is 4.17. The first kappa shape index (κ1) is 11.4. The summed E-state index contributed by atoms with van der Waals surface area (Å²) in [5, 5.41) is 0. The van der Waals surface area contributed by atoms with E-state index in [4.69, 9.17) is 0 Å². The van der Waals surface area contributed by atoms with Gasteiger partial charge in [0.1, 0.15) is 5.75 Å². The van der Waals surface area contributed by atoms with Gasteiger partial charge in [0.2, 0.25) is 0 Å². The van der Waals surface area contributed by atoms with E-state index < -0.39 is 12.6 Å². The van der Waals surface area contributed by atoms with Gasteiger partial charge >= 0.3 is 12.6 Å². The molecular formula is C10H10F2O3. The summed E-state index contributed by atoms with van der Waals surface area (Å²) in [5.41, 5.74) is 0.835. The Morgan fingerprint density at radius 1 is 1.33 bits per heavy atom. The summed E-state index contributed by atoms with van der Waals surface area (Å²) in [5.74, 6) is -0.636. The van der Waals surface area contributed by atoms with Gasteiger partial charge in [0.15, 0.2) is 0 Å². The van der Waals surface area contributed by atoms with Crippen molar-refractivity contribution < 1.29 is 23.0 Å². The number of ether oxygens (including phenoxy) is 2. The van der Waals surface area contributed by atoms with E-state index in [1.54, 1.807) is 6.92 Å². The third-order valence-electron chi connectivity index (χ3n) is 1.70. The van der Waals surface area contributed by atoms with E-state index in [1.807, 2.05) is 0 Å². The molecule has 0 amide bonds. The number of aryl methyl sites for hydroxylation is 1. The molecular weight excluding hydrogens is 206 g/mol. The molecule has 0 saturated carbocycles. The van der Waals surface area contributed by atoms with E-state index in [-0.39, 0.29) is 11.3 Å². The first-order valence-corrected chi connectivity index (χ1v) is 4.17. The average Bonchev–Trinajstić information content (AvgIpc) is 2.14. The van der Waals surface area contributed by atoms with Crippen LogP contribution in [-0.4, -0.2) is 19.7 Å². The number of carbonyl (C=O) groups is 1. The molecule has 0 radical (unpaired) electrons. The predicted octanol–water partition coefficient (Wildman–Crippen LogP) is 2.38. The number of methoxy groups -OCH3 is 1. The van der Waals surface area contributed by atoms with Crippen molar-refractivity contribution in [1.29, 1.82) is 0 Å². The minimum Gasteiger partial charge on any atom is -0.465 e. The van der Waals surface area contributed by atoms with Crippen molar-refractivity contribution >= 4 is 5.97 Å². The van der Waals surface area contributed by atoms with Crippen molar-refractivity contribution in [2.45, 2.75) is 13.5 Å². The van der Waals surface area contributed by atoms with Crippen LogP contribution in [-0.2, 0) is 4.74 Å². The van der Waals surface area contributed by atoms with Gasteiger partial charge in [-0.3, -0.25) is 0 Å². The summed E-state index contributed by atoms with van der Waals surface area (Å²) in [6, 6.07) is 4.16. The summed E-state index contributed by atoms with van der Waals surface area (Å²) < 4.78 is 32.5. The second-order valence-corrected chi connectivity index (χ2v) is 2.90. The lowest BCUT2D eigenvalue weighted by molar-refractivity contribution is -0.0499. The van der Waals surface area contributed by atoms with Crippen LogP contribution in [0.1, 0.15) is 15.9 Å². The standard InChI is InChI=1S/C10H10F2O3/c1-6-3-7(9(13)14-2)5-8(4-6)15-10(11)12/h3-5,10H,1-2H3. The molecule has 0 aliphatic carbocycles. The van der Waals surface area contributed by atoms with Crippen molar-refractivity contribution in [3.8, 4) is 5.75 Å². The third kappa shape index (κ3) is 3.19. The van der Waals surface area contributed by atoms with Gasteiger partial charge < -0.3 is 9.47 Å². The summed E-state index contributed by atoms with van der Waals surface area (Å²) in [7, 11) is 1.22. The number of hydrogen-bond donors (Lipinski definition) is 0. The number of alkyl halides is 2. The van der Waals surface area contributed by atoms with Crippen LogP contribution in [0.5, 0.6) is 5.75 Å². The van der Waals surface area contributed by atoms with Crippen LogP contribution in [0.2, 0.25) is 0 Å². The van der Waals surface area contributed by atoms with Crippen molar-refractivity contribution in [3.05, 3.63) is 29.3 Å². The van der Waals surface area contributed by atoms with Crippen LogP contribution < -0.4 is 4.74 Å². The Bertz CT molecular complexity index is 364. The molecule has 0 bridgehead atoms. The maximum atomic E-state index is 11.9. The van der Waals surface area contributed by atoms with Gasteiger partial charge in [0.25, 0.3) is 0 Å². The summed E-state index contributed by atoms with van der Waals surface area (Å²) >= 11 is 0. The molecule has 0 spiro atoms. The minimum atomic E-state index is -2.91. The molecule has 0 unspecified atom stereocenters. The van der Waals surface area contributed by atoms with Crippen LogP contribution in [0.25, 0.3) is 0 Å². The molecule has 1 rings (SSSR count). The molecule has 0 aromatic heterocycles. The molecule has 0 atom stereocenters. The molecule has 82 valence electrons. The van der Waals surface area contributed by atoms with E-state index in [0.29, 0.717) is 5.56 Å². The fourth-order valence-corrected chi connectivity index (χ4v) is 1.15. The number of hydrogen-bond acceptors (Lipinski definition) is 3. The lowest BCUT2D eigenvalue weighted by Gasteiger charge is -2.07. The van der Waals surface area contributed by atoms with E-state index in [1.165, 1.54) is 25.3 Å². The lowest BCUT2D eigenvalue weighted by Crippen LogP contribution is -2.05. The lowest BCUT2D eigenvalue weighted by atomic mass is 10.1. The maximum absolute atomic E-state index is 11.9. The summed E-state index contributed by atoms with van der Waals surface area (Å²) in [6.07, 6.45) is 0. The first-order chi connectivity index (χ1) is 7.02. The van der Waals surface area contributed by atoms with Crippen LogP contribution in [0.3, 0.4) is 0 Å². The second-order valence-electron chi connectivity index (χ2n) is 2.90. The Labute approximate surface area is 85.6 Å². The molecule has 5 heteroatoms. The van der Waals surface area contributed by atoms with Crippen LogP contribution in [0.4, 0.5) is 8.78 Å². The second kappa shape index (κ2) is 4.72.